The predicted octanol–water partition coefficient (Wildman–Crippen LogP) is 2.10. The lowest BCUT2D eigenvalue weighted by atomic mass is 9.72. The lowest BCUT2D eigenvalue weighted by Crippen LogP contribution is -2.54. The Kier molecular flexibility index (Phi) is 4.69. The third-order valence-electron chi connectivity index (χ3n) is 5.34. The van der Waals surface area contributed by atoms with Gasteiger partial charge in [0, 0.05) is 26.3 Å². The fraction of sp³-hybridized carbons (Fsp3) is 0.611. The summed E-state index contributed by atoms with van der Waals surface area (Å²) in [4.78, 5) is 15.0. The maximum atomic E-state index is 13.7. The monoisotopic (exact) mass is 321 g/mol. The molecule has 2 aliphatic rings. The highest BCUT2D eigenvalue weighted by molar-refractivity contribution is 5.88. The molecular formula is C18H24FNO3. The fourth-order valence-electron chi connectivity index (χ4n) is 3.67. The van der Waals surface area contributed by atoms with Crippen molar-refractivity contribution in [1.82, 2.24) is 4.90 Å². The third-order valence-corrected chi connectivity index (χ3v) is 5.34. The zero-order valence-corrected chi connectivity index (χ0v) is 13.5. The number of nitrogens with zero attached hydrogens (tertiary/aromatic N) is 1. The second kappa shape index (κ2) is 6.57. The van der Waals surface area contributed by atoms with Gasteiger partial charge in [-0.05, 0) is 42.9 Å². The Morgan fingerprint density at radius 2 is 2.13 bits per heavy atom. The Bertz CT molecular complexity index is 571. The van der Waals surface area contributed by atoms with Crippen LogP contribution in [0.3, 0.4) is 0 Å². The highest BCUT2D eigenvalue weighted by atomic mass is 19.1. The number of carbonyl (C=O) groups excluding carboxylic acids is 1. The first-order chi connectivity index (χ1) is 11.0. The summed E-state index contributed by atoms with van der Waals surface area (Å²) in [5.74, 6) is -0.121. The van der Waals surface area contributed by atoms with Gasteiger partial charge in [-0.3, -0.25) is 4.79 Å². The van der Waals surface area contributed by atoms with Crippen molar-refractivity contribution in [2.24, 2.45) is 5.92 Å². The summed E-state index contributed by atoms with van der Waals surface area (Å²) >= 11 is 0. The van der Waals surface area contributed by atoms with Crippen LogP contribution >= 0.6 is 0 Å². The Morgan fingerprint density at radius 1 is 1.39 bits per heavy atom. The summed E-state index contributed by atoms with van der Waals surface area (Å²) in [6.45, 7) is 4.00. The molecule has 0 bridgehead atoms. The van der Waals surface area contributed by atoms with Gasteiger partial charge in [0.25, 0.3) is 0 Å². The molecule has 2 aliphatic heterocycles. The van der Waals surface area contributed by atoms with Crippen LogP contribution in [-0.2, 0) is 14.9 Å². The topological polar surface area (TPSA) is 49.8 Å². The van der Waals surface area contributed by atoms with Gasteiger partial charge in [-0.25, -0.2) is 4.39 Å². The molecule has 1 aromatic rings. The molecule has 1 amide bonds. The van der Waals surface area contributed by atoms with Crippen LogP contribution in [0.15, 0.2) is 24.3 Å². The summed E-state index contributed by atoms with van der Waals surface area (Å²) in [7, 11) is 0. The van der Waals surface area contributed by atoms with Gasteiger partial charge in [0.05, 0.1) is 11.5 Å². The minimum Gasteiger partial charge on any atom is -0.391 e. The van der Waals surface area contributed by atoms with Crippen molar-refractivity contribution in [1.29, 1.82) is 0 Å². The van der Waals surface area contributed by atoms with Gasteiger partial charge in [-0.15, -0.1) is 0 Å². The molecule has 2 heterocycles. The second-order valence-electron chi connectivity index (χ2n) is 6.79. The smallest absolute Gasteiger partial charge is 0.233 e. The first-order valence-electron chi connectivity index (χ1n) is 8.34. The Labute approximate surface area is 136 Å². The number of hydrogen-bond donors (Lipinski definition) is 1. The first-order valence-corrected chi connectivity index (χ1v) is 8.34. The Morgan fingerprint density at radius 3 is 2.78 bits per heavy atom. The van der Waals surface area contributed by atoms with Crippen molar-refractivity contribution in [3.05, 3.63) is 35.6 Å². The number of hydrogen-bond acceptors (Lipinski definition) is 3. The van der Waals surface area contributed by atoms with E-state index in [2.05, 4.69) is 0 Å². The zero-order chi connectivity index (χ0) is 16.4. The van der Waals surface area contributed by atoms with E-state index in [-0.39, 0.29) is 17.6 Å². The molecule has 3 rings (SSSR count). The van der Waals surface area contributed by atoms with Crippen LogP contribution in [-0.4, -0.2) is 48.3 Å². The highest BCUT2D eigenvalue weighted by Gasteiger charge is 2.45. The standard InChI is InChI=1S/C18H24FNO3/c1-13-5-8-20(12-16(13)21)17(22)18(6-9-23-10-7-18)14-3-2-4-15(19)11-14/h2-4,11,13,16,21H,5-10,12H2,1H3. The van der Waals surface area contributed by atoms with Crippen LogP contribution in [0.25, 0.3) is 0 Å². The molecule has 2 fully saturated rings. The molecule has 1 aromatic carbocycles. The van der Waals surface area contributed by atoms with Crippen molar-refractivity contribution in [3.8, 4) is 0 Å². The SMILES string of the molecule is CC1CCN(C(=O)C2(c3cccc(F)c3)CCOCC2)CC1O. The summed E-state index contributed by atoms with van der Waals surface area (Å²) < 4.78 is 19.2. The van der Waals surface area contributed by atoms with Gasteiger partial charge in [0.15, 0.2) is 0 Å². The molecule has 2 saturated heterocycles. The van der Waals surface area contributed by atoms with E-state index in [1.807, 2.05) is 13.0 Å². The fourth-order valence-corrected chi connectivity index (χ4v) is 3.67. The number of halogens is 1. The summed E-state index contributed by atoms with van der Waals surface area (Å²) in [5, 5.41) is 10.1. The maximum absolute atomic E-state index is 13.7. The summed E-state index contributed by atoms with van der Waals surface area (Å²) in [6.07, 6.45) is 1.41. The molecule has 4 nitrogen and oxygen atoms in total. The van der Waals surface area contributed by atoms with Gasteiger partial charge in [0.1, 0.15) is 5.82 Å². The van der Waals surface area contributed by atoms with E-state index < -0.39 is 11.5 Å². The summed E-state index contributed by atoms with van der Waals surface area (Å²) in [5.41, 5.74) is -0.0143. The number of β-amino-alcohol motifs (C(OH)–C–C–N with tert-alkyl or cyclic N) is 1. The number of aliphatic hydroxyl groups excluding tert-OH is 1. The molecule has 2 unspecified atom stereocenters. The average molecular weight is 321 g/mol. The normalized spacial score (nSPS) is 27.7. The minimum absolute atomic E-state index is 0.00245. The Hall–Kier alpha value is -1.46. The zero-order valence-electron chi connectivity index (χ0n) is 13.5. The largest absolute Gasteiger partial charge is 0.391 e. The predicted molar refractivity (Wildman–Crippen MR) is 84.5 cm³/mol. The molecule has 5 heteroatoms. The number of ether oxygens (including phenoxy) is 1. The number of amides is 1. The van der Waals surface area contributed by atoms with E-state index in [1.165, 1.54) is 12.1 Å². The maximum Gasteiger partial charge on any atom is 0.233 e. The quantitative estimate of drug-likeness (QED) is 0.907. The number of likely N-dealkylation sites (tertiary alicyclic amines) is 1. The molecule has 2 atom stereocenters. The van der Waals surface area contributed by atoms with Gasteiger partial charge in [-0.1, -0.05) is 19.1 Å². The number of piperidine rings is 1. The van der Waals surface area contributed by atoms with E-state index in [9.17, 15) is 14.3 Å². The van der Waals surface area contributed by atoms with E-state index in [0.29, 0.717) is 39.1 Å². The van der Waals surface area contributed by atoms with Crippen LogP contribution in [0.4, 0.5) is 4.39 Å². The number of aliphatic hydroxyl groups is 1. The summed E-state index contributed by atoms with van der Waals surface area (Å²) in [6, 6.07) is 6.34. The van der Waals surface area contributed by atoms with Crippen molar-refractivity contribution in [3.63, 3.8) is 0 Å². The van der Waals surface area contributed by atoms with Crippen molar-refractivity contribution >= 4 is 5.91 Å². The van der Waals surface area contributed by atoms with Crippen LogP contribution in [0, 0.1) is 11.7 Å². The molecule has 23 heavy (non-hydrogen) atoms. The van der Waals surface area contributed by atoms with Crippen LogP contribution in [0.1, 0.15) is 31.7 Å². The van der Waals surface area contributed by atoms with E-state index in [1.54, 1.807) is 11.0 Å². The number of carbonyl (C=O) groups is 1. The van der Waals surface area contributed by atoms with E-state index in [0.717, 1.165) is 12.0 Å². The third kappa shape index (κ3) is 3.12. The average Bonchev–Trinajstić information content (AvgIpc) is 2.57. The Balaban J connectivity index is 1.91. The van der Waals surface area contributed by atoms with Crippen LogP contribution < -0.4 is 0 Å². The van der Waals surface area contributed by atoms with Crippen LogP contribution in [0.2, 0.25) is 0 Å². The number of benzene rings is 1. The lowest BCUT2D eigenvalue weighted by Gasteiger charge is -2.43. The minimum atomic E-state index is -0.735. The molecule has 0 aliphatic carbocycles. The van der Waals surface area contributed by atoms with Gasteiger partial charge < -0.3 is 14.7 Å². The molecule has 0 saturated carbocycles. The van der Waals surface area contributed by atoms with E-state index >= 15 is 0 Å². The lowest BCUT2D eigenvalue weighted by molar-refractivity contribution is -0.145. The highest BCUT2D eigenvalue weighted by Crippen LogP contribution is 2.38. The molecule has 1 N–H and O–H groups in total. The van der Waals surface area contributed by atoms with Gasteiger partial charge in [-0.2, -0.15) is 0 Å². The van der Waals surface area contributed by atoms with Gasteiger partial charge in [0.2, 0.25) is 5.91 Å². The molecule has 0 spiro atoms. The van der Waals surface area contributed by atoms with Crippen LogP contribution in [0.5, 0.6) is 0 Å². The van der Waals surface area contributed by atoms with E-state index in [4.69, 9.17) is 4.74 Å². The second-order valence-corrected chi connectivity index (χ2v) is 6.79. The van der Waals surface area contributed by atoms with Crippen molar-refractivity contribution in [2.75, 3.05) is 26.3 Å². The first kappa shape index (κ1) is 16.4. The molecular weight excluding hydrogens is 297 g/mol. The molecule has 126 valence electrons. The number of rotatable bonds is 2. The van der Waals surface area contributed by atoms with Crippen molar-refractivity contribution < 1.29 is 19.0 Å². The molecule has 0 radical (unpaired) electrons. The van der Waals surface area contributed by atoms with Crippen molar-refractivity contribution in [2.45, 2.75) is 37.7 Å². The van der Waals surface area contributed by atoms with Gasteiger partial charge >= 0.3 is 0 Å². The molecule has 0 aromatic heterocycles.